The first-order chi connectivity index (χ1) is 7.90. The van der Waals surface area contributed by atoms with Gasteiger partial charge < -0.3 is 5.32 Å². The zero-order valence-electron chi connectivity index (χ0n) is 9.74. The quantitative estimate of drug-likeness (QED) is 0.764. The molecule has 0 radical (unpaired) electrons. The summed E-state index contributed by atoms with van der Waals surface area (Å²) >= 11 is 0. The molecular formula is C14H18N2. The molecule has 1 fully saturated rings. The van der Waals surface area contributed by atoms with Crippen molar-refractivity contribution in [2.24, 2.45) is 0 Å². The van der Waals surface area contributed by atoms with Crippen molar-refractivity contribution in [1.29, 1.82) is 0 Å². The van der Waals surface area contributed by atoms with Crippen molar-refractivity contribution in [3.8, 4) is 11.8 Å². The molecule has 0 atom stereocenters. The van der Waals surface area contributed by atoms with Gasteiger partial charge in [0.1, 0.15) is 0 Å². The van der Waals surface area contributed by atoms with Crippen molar-refractivity contribution < 1.29 is 0 Å². The fourth-order valence-electron chi connectivity index (χ4n) is 1.80. The largest absolute Gasteiger partial charge is 0.314 e. The van der Waals surface area contributed by atoms with Crippen LogP contribution >= 0.6 is 0 Å². The van der Waals surface area contributed by atoms with Crippen molar-refractivity contribution in [2.45, 2.75) is 13.0 Å². The number of nitrogens with one attached hydrogen (secondary N) is 1. The van der Waals surface area contributed by atoms with Crippen LogP contribution in [0.3, 0.4) is 0 Å². The lowest BCUT2D eigenvalue weighted by Gasteiger charge is -2.36. The van der Waals surface area contributed by atoms with Gasteiger partial charge in [0.25, 0.3) is 0 Å². The fourth-order valence-corrected chi connectivity index (χ4v) is 1.80. The summed E-state index contributed by atoms with van der Waals surface area (Å²) in [7, 11) is 0. The average Bonchev–Trinajstić information content (AvgIpc) is 2.26. The first-order valence-electron chi connectivity index (χ1n) is 5.89. The van der Waals surface area contributed by atoms with Crippen molar-refractivity contribution in [3.63, 3.8) is 0 Å². The van der Waals surface area contributed by atoms with Crippen molar-refractivity contribution >= 4 is 0 Å². The third-order valence-corrected chi connectivity index (χ3v) is 2.97. The van der Waals surface area contributed by atoms with E-state index in [4.69, 9.17) is 0 Å². The second kappa shape index (κ2) is 5.69. The van der Waals surface area contributed by atoms with Gasteiger partial charge >= 0.3 is 0 Å². The highest BCUT2D eigenvalue weighted by molar-refractivity contribution is 5.33. The van der Waals surface area contributed by atoms with E-state index in [1.165, 1.54) is 0 Å². The van der Waals surface area contributed by atoms with Crippen LogP contribution in [0.5, 0.6) is 0 Å². The van der Waals surface area contributed by atoms with Gasteiger partial charge in [-0.2, -0.15) is 0 Å². The molecule has 0 aliphatic carbocycles. The molecule has 2 nitrogen and oxygen atoms in total. The highest BCUT2D eigenvalue weighted by atomic mass is 15.2. The summed E-state index contributed by atoms with van der Waals surface area (Å²) in [4.78, 5) is 2.42. The van der Waals surface area contributed by atoms with Gasteiger partial charge in [-0.3, -0.25) is 4.90 Å². The summed E-state index contributed by atoms with van der Waals surface area (Å²) in [6.45, 7) is 6.37. The van der Waals surface area contributed by atoms with E-state index in [-0.39, 0.29) is 0 Å². The number of benzene rings is 1. The van der Waals surface area contributed by atoms with Crippen LogP contribution in [0.4, 0.5) is 0 Å². The first kappa shape index (κ1) is 11.2. The number of rotatable bonds is 3. The maximum absolute atomic E-state index is 3.29. The number of likely N-dealkylation sites (N-methyl/N-ethyl adjacent to an activating group) is 1. The summed E-state index contributed by atoms with van der Waals surface area (Å²) in [5, 5.41) is 3.29. The summed E-state index contributed by atoms with van der Waals surface area (Å²) in [6, 6.07) is 10.9. The molecule has 1 saturated heterocycles. The second-order valence-electron chi connectivity index (χ2n) is 4.04. The Morgan fingerprint density at radius 3 is 2.62 bits per heavy atom. The van der Waals surface area contributed by atoms with E-state index in [1.54, 1.807) is 0 Å². The third kappa shape index (κ3) is 2.85. The minimum Gasteiger partial charge on any atom is -0.314 e. The first-order valence-corrected chi connectivity index (χ1v) is 5.89. The third-order valence-electron chi connectivity index (χ3n) is 2.97. The molecule has 84 valence electrons. The lowest BCUT2D eigenvalue weighted by molar-refractivity contribution is 0.172. The van der Waals surface area contributed by atoms with E-state index in [1.807, 2.05) is 30.3 Å². The molecule has 2 rings (SSSR count). The predicted octanol–water partition coefficient (Wildman–Crippen LogP) is 1.33. The van der Waals surface area contributed by atoms with Crippen molar-refractivity contribution in [2.75, 3.05) is 26.2 Å². The SMILES string of the molecule is CCN(CC#Cc1ccccc1)C1CNC1. The van der Waals surface area contributed by atoms with Gasteiger partial charge in [-0.25, -0.2) is 0 Å². The van der Waals surface area contributed by atoms with Crippen LogP contribution in [-0.2, 0) is 0 Å². The summed E-state index contributed by atoms with van der Waals surface area (Å²) in [6.07, 6.45) is 0. The molecule has 1 N–H and O–H groups in total. The van der Waals surface area contributed by atoms with Crippen molar-refractivity contribution in [3.05, 3.63) is 35.9 Å². The molecule has 0 saturated carbocycles. The van der Waals surface area contributed by atoms with E-state index < -0.39 is 0 Å². The lowest BCUT2D eigenvalue weighted by Crippen LogP contribution is -2.57. The van der Waals surface area contributed by atoms with Gasteiger partial charge in [-0.05, 0) is 18.7 Å². The summed E-state index contributed by atoms with van der Waals surface area (Å²) in [5.41, 5.74) is 1.10. The van der Waals surface area contributed by atoms with Crippen LogP contribution in [0.1, 0.15) is 12.5 Å². The van der Waals surface area contributed by atoms with E-state index in [0.29, 0.717) is 6.04 Å². The minimum absolute atomic E-state index is 0.690. The average molecular weight is 214 g/mol. The summed E-state index contributed by atoms with van der Waals surface area (Å²) < 4.78 is 0. The molecular weight excluding hydrogens is 196 g/mol. The lowest BCUT2D eigenvalue weighted by atomic mass is 10.1. The molecule has 2 heteroatoms. The van der Waals surface area contributed by atoms with E-state index >= 15 is 0 Å². The molecule has 0 unspecified atom stereocenters. The number of hydrogen-bond donors (Lipinski definition) is 1. The molecule has 0 aromatic heterocycles. The monoisotopic (exact) mass is 214 g/mol. The minimum atomic E-state index is 0.690. The van der Waals surface area contributed by atoms with Crippen molar-refractivity contribution in [1.82, 2.24) is 10.2 Å². The second-order valence-corrected chi connectivity index (χ2v) is 4.04. The Hall–Kier alpha value is -1.30. The maximum Gasteiger partial charge on any atom is 0.0608 e. The summed E-state index contributed by atoms with van der Waals surface area (Å²) in [5.74, 6) is 6.45. The molecule has 1 heterocycles. The van der Waals surface area contributed by atoms with Crippen LogP contribution in [0.2, 0.25) is 0 Å². The smallest absolute Gasteiger partial charge is 0.0608 e. The molecule has 0 spiro atoms. The van der Waals surface area contributed by atoms with E-state index in [9.17, 15) is 0 Å². The van der Waals surface area contributed by atoms with Gasteiger partial charge in [0.2, 0.25) is 0 Å². The Morgan fingerprint density at radius 1 is 1.31 bits per heavy atom. The standard InChI is InChI=1S/C14H18N2/c1-2-16(14-11-15-12-14)10-6-9-13-7-4-3-5-8-13/h3-5,7-8,14-15H,2,10-12H2,1H3. The maximum atomic E-state index is 3.29. The number of nitrogens with zero attached hydrogens (tertiary/aromatic N) is 1. The molecule has 1 aliphatic heterocycles. The van der Waals surface area contributed by atoms with Gasteiger partial charge in [0.05, 0.1) is 6.54 Å². The van der Waals surface area contributed by atoms with Crippen LogP contribution in [0.25, 0.3) is 0 Å². The fraction of sp³-hybridized carbons (Fsp3) is 0.429. The zero-order valence-corrected chi connectivity index (χ0v) is 9.74. The Kier molecular flexibility index (Phi) is 3.98. The molecule has 1 aliphatic rings. The molecule has 1 aromatic carbocycles. The molecule has 1 aromatic rings. The predicted molar refractivity (Wildman–Crippen MR) is 67.2 cm³/mol. The Labute approximate surface area is 97.7 Å². The Balaban J connectivity index is 1.88. The number of hydrogen-bond acceptors (Lipinski definition) is 2. The molecule has 16 heavy (non-hydrogen) atoms. The van der Waals surface area contributed by atoms with Gasteiger partial charge in [0.15, 0.2) is 0 Å². The van der Waals surface area contributed by atoms with Crippen LogP contribution in [0.15, 0.2) is 30.3 Å². The zero-order chi connectivity index (χ0) is 11.2. The molecule has 0 bridgehead atoms. The normalized spacial score (nSPS) is 15.4. The Morgan fingerprint density at radius 2 is 2.06 bits per heavy atom. The highest BCUT2D eigenvalue weighted by Gasteiger charge is 2.21. The van der Waals surface area contributed by atoms with Crippen LogP contribution < -0.4 is 5.32 Å². The van der Waals surface area contributed by atoms with Gasteiger partial charge in [0, 0.05) is 24.7 Å². The van der Waals surface area contributed by atoms with Gasteiger partial charge in [-0.1, -0.05) is 37.0 Å². The van der Waals surface area contributed by atoms with E-state index in [0.717, 1.165) is 31.7 Å². The van der Waals surface area contributed by atoms with Gasteiger partial charge in [-0.15, -0.1) is 0 Å². The van der Waals surface area contributed by atoms with Crippen LogP contribution in [0, 0.1) is 11.8 Å². The van der Waals surface area contributed by atoms with Crippen LogP contribution in [-0.4, -0.2) is 37.1 Å². The van der Waals surface area contributed by atoms with E-state index in [2.05, 4.69) is 29.0 Å². The molecule has 0 amide bonds. The Bertz CT molecular complexity index is 371. The highest BCUT2D eigenvalue weighted by Crippen LogP contribution is 2.03. The topological polar surface area (TPSA) is 15.3 Å².